The van der Waals surface area contributed by atoms with E-state index in [0.29, 0.717) is 4.77 Å². The molecule has 0 spiro atoms. The molecule has 1 aromatic heterocycles. The van der Waals surface area contributed by atoms with E-state index in [9.17, 15) is 5.11 Å². The maximum atomic E-state index is 9.19. The van der Waals surface area contributed by atoms with Crippen LogP contribution in [0.25, 0.3) is 0 Å². The molecule has 0 aliphatic heterocycles. The third-order valence-electron chi connectivity index (χ3n) is 2.41. The van der Waals surface area contributed by atoms with Crippen molar-refractivity contribution in [3.63, 3.8) is 0 Å². The van der Waals surface area contributed by atoms with Gasteiger partial charge in [0.25, 0.3) is 0 Å². The minimum Gasteiger partial charge on any atom is -0.508 e. The normalized spacial score (nSPS) is 11.5. The molecule has 0 fully saturated rings. The van der Waals surface area contributed by atoms with Crippen LogP contribution in [0.3, 0.4) is 0 Å². The second-order valence-electron chi connectivity index (χ2n) is 4.19. The summed E-state index contributed by atoms with van der Waals surface area (Å²) in [5.74, 6) is 1.25. The van der Waals surface area contributed by atoms with Gasteiger partial charge < -0.3 is 5.11 Å². The van der Waals surface area contributed by atoms with Crippen molar-refractivity contribution in [2.24, 2.45) is 5.10 Å². The van der Waals surface area contributed by atoms with Crippen LogP contribution in [0.4, 0.5) is 0 Å². The number of aromatic hydroxyl groups is 1. The third kappa shape index (κ3) is 2.65. The summed E-state index contributed by atoms with van der Waals surface area (Å²) in [6, 6.07) is 6.77. The number of nitrogens with zero attached hydrogens (tertiary/aromatic N) is 3. The van der Waals surface area contributed by atoms with Gasteiger partial charge in [-0.05, 0) is 42.0 Å². The first kappa shape index (κ1) is 12.5. The van der Waals surface area contributed by atoms with Gasteiger partial charge in [-0.15, -0.1) is 0 Å². The summed E-state index contributed by atoms with van der Waals surface area (Å²) >= 11 is 5.12. The van der Waals surface area contributed by atoms with Crippen LogP contribution in [0.2, 0.25) is 0 Å². The van der Waals surface area contributed by atoms with Crippen LogP contribution in [0, 0.1) is 4.77 Å². The van der Waals surface area contributed by atoms with Crippen molar-refractivity contribution in [3.05, 3.63) is 40.4 Å². The van der Waals surface area contributed by atoms with Crippen LogP contribution in [0.1, 0.15) is 31.2 Å². The molecule has 6 heteroatoms. The van der Waals surface area contributed by atoms with E-state index in [0.717, 1.165) is 11.4 Å². The van der Waals surface area contributed by atoms with E-state index in [2.05, 4.69) is 15.3 Å². The lowest BCUT2D eigenvalue weighted by molar-refractivity contribution is 0.475. The molecule has 0 saturated heterocycles. The van der Waals surface area contributed by atoms with Crippen LogP contribution < -0.4 is 0 Å². The summed E-state index contributed by atoms with van der Waals surface area (Å²) in [6.07, 6.45) is 1.68. The molecule has 2 aromatic rings. The van der Waals surface area contributed by atoms with Crippen molar-refractivity contribution in [3.8, 4) is 5.75 Å². The van der Waals surface area contributed by atoms with Gasteiger partial charge in [0.05, 0.1) is 6.21 Å². The number of hydrogen-bond acceptors (Lipinski definition) is 4. The van der Waals surface area contributed by atoms with Crippen molar-refractivity contribution >= 4 is 18.4 Å². The molecule has 0 saturated carbocycles. The molecule has 5 nitrogen and oxygen atoms in total. The Hall–Kier alpha value is -1.95. The van der Waals surface area contributed by atoms with Crippen molar-refractivity contribution in [2.75, 3.05) is 0 Å². The van der Waals surface area contributed by atoms with E-state index in [1.165, 1.54) is 0 Å². The largest absolute Gasteiger partial charge is 0.508 e. The van der Waals surface area contributed by atoms with Crippen LogP contribution in [-0.4, -0.2) is 26.2 Å². The first-order valence-corrected chi connectivity index (χ1v) is 5.99. The highest BCUT2D eigenvalue weighted by Gasteiger charge is 2.08. The van der Waals surface area contributed by atoms with Crippen molar-refractivity contribution in [1.29, 1.82) is 0 Å². The Morgan fingerprint density at radius 1 is 1.39 bits per heavy atom. The molecule has 94 valence electrons. The van der Waals surface area contributed by atoms with Crippen molar-refractivity contribution in [1.82, 2.24) is 14.9 Å². The summed E-state index contributed by atoms with van der Waals surface area (Å²) in [7, 11) is 0. The highest BCUT2D eigenvalue weighted by Crippen LogP contribution is 2.12. The monoisotopic (exact) mass is 262 g/mol. The fourth-order valence-corrected chi connectivity index (χ4v) is 1.66. The lowest BCUT2D eigenvalue weighted by Gasteiger charge is -2.02. The van der Waals surface area contributed by atoms with E-state index in [1.807, 2.05) is 13.8 Å². The van der Waals surface area contributed by atoms with E-state index in [-0.39, 0.29) is 11.7 Å². The quantitative estimate of drug-likeness (QED) is 0.660. The molecular weight excluding hydrogens is 248 g/mol. The van der Waals surface area contributed by atoms with Crippen LogP contribution in [0.5, 0.6) is 5.75 Å². The van der Waals surface area contributed by atoms with Gasteiger partial charge in [-0.25, -0.2) is 0 Å². The van der Waals surface area contributed by atoms with Crippen molar-refractivity contribution in [2.45, 2.75) is 19.8 Å². The van der Waals surface area contributed by atoms with E-state index in [1.54, 1.807) is 35.2 Å². The molecule has 0 unspecified atom stereocenters. The summed E-state index contributed by atoms with van der Waals surface area (Å²) in [5, 5.41) is 20.3. The predicted molar refractivity (Wildman–Crippen MR) is 72.6 cm³/mol. The summed E-state index contributed by atoms with van der Waals surface area (Å²) in [4.78, 5) is 0. The number of benzene rings is 1. The Balaban J connectivity index is 2.31. The van der Waals surface area contributed by atoms with E-state index >= 15 is 0 Å². The number of rotatable bonds is 3. The van der Waals surface area contributed by atoms with Gasteiger partial charge >= 0.3 is 0 Å². The molecule has 1 aromatic carbocycles. The zero-order chi connectivity index (χ0) is 13.1. The molecule has 0 aliphatic carbocycles. The molecule has 0 radical (unpaired) electrons. The van der Waals surface area contributed by atoms with Gasteiger partial charge in [0, 0.05) is 5.92 Å². The third-order valence-corrected chi connectivity index (χ3v) is 2.67. The molecule has 1 heterocycles. The highest BCUT2D eigenvalue weighted by atomic mass is 32.1. The van der Waals surface area contributed by atoms with Gasteiger partial charge in [0.15, 0.2) is 5.82 Å². The molecule has 0 aliphatic rings. The number of aromatic nitrogens is 3. The van der Waals surface area contributed by atoms with Gasteiger partial charge in [-0.3, -0.25) is 5.10 Å². The minimum atomic E-state index is 0.231. The molecule has 0 bridgehead atoms. The highest BCUT2D eigenvalue weighted by molar-refractivity contribution is 7.71. The van der Waals surface area contributed by atoms with Crippen LogP contribution >= 0.6 is 12.2 Å². The number of hydrogen-bond donors (Lipinski definition) is 2. The first-order chi connectivity index (χ1) is 8.58. The van der Waals surface area contributed by atoms with E-state index in [4.69, 9.17) is 12.2 Å². The second kappa shape index (κ2) is 5.14. The van der Waals surface area contributed by atoms with Gasteiger partial charge in [-0.1, -0.05) is 13.8 Å². The van der Waals surface area contributed by atoms with Gasteiger partial charge in [0.1, 0.15) is 5.75 Å². The predicted octanol–water partition coefficient (Wildman–Crippen LogP) is 2.65. The fraction of sp³-hybridized carbons (Fsp3) is 0.250. The Morgan fingerprint density at radius 2 is 2.06 bits per heavy atom. The maximum absolute atomic E-state index is 9.19. The Morgan fingerprint density at radius 3 is 2.67 bits per heavy atom. The minimum absolute atomic E-state index is 0.231. The maximum Gasteiger partial charge on any atom is 0.216 e. The molecule has 0 amide bonds. The average molecular weight is 262 g/mol. The topological polar surface area (TPSA) is 66.2 Å². The Bertz CT molecular complexity index is 610. The molecular formula is C12H14N4OS. The molecule has 2 rings (SSSR count). The SMILES string of the molecule is CC(C)c1n[nH]c(=S)n1/N=C\c1ccc(O)cc1. The number of phenolic OH excluding ortho intramolecular Hbond substituents is 1. The van der Waals surface area contributed by atoms with Crippen LogP contribution in [-0.2, 0) is 0 Å². The smallest absolute Gasteiger partial charge is 0.216 e. The Labute approximate surface area is 110 Å². The lowest BCUT2D eigenvalue weighted by atomic mass is 10.2. The zero-order valence-corrected chi connectivity index (χ0v) is 11.0. The summed E-state index contributed by atoms with van der Waals surface area (Å²) in [6.45, 7) is 4.05. The Kier molecular flexibility index (Phi) is 3.57. The second-order valence-corrected chi connectivity index (χ2v) is 4.58. The summed E-state index contributed by atoms with van der Waals surface area (Å²) in [5.41, 5.74) is 0.880. The number of nitrogens with one attached hydrogen (secondary N) is 1. The lowest BCUT2D eigenvalue weighted by Crippen LogP contribution is -2.00. The molecule has 18 heavy (non-hydrogen) atoms. The summed E-state index contributed by atoms with van der Waals surface area (Å²) < 4.78 is 2.07. The molecule has 0 atom stereocenters. The standard InChI is InChI=1S/C12H14N4OS/c1-8(2)11-14-15-12(18)16(11)13-7-9-3-5-10(17)6-4-9/h3-8,17H,1-2H3,(H,15,18)/b13-7-. The van der Waals surface area contributed by atoms with Gasteiger partial charge in [0.2, 0.25) is 4.77 Å². The van der Waals surface area contributed by atoms with Crippen molar-refractivity contribution < 1.29 is 5.11 Å². The number of H-pyrrole nitrogens is 1. The average Bonchev–Trinajstić information content (AvgIpc) is 2.70. The number of aromatic amines is 1. The zero-order valence-electron chi connectivity index (χ0n) is 10.2. The number of phenols is 1. The van der Waals surface area contributed by atoms with Gasteiger partial charge in [-0.2, -0.15) is 14.9 Å². The van der Waals surface area contributed by atoms with Crippen LogP contribution in [0.15, 0.2) is 29.4 Å². The molecule has 2 N–H and O–H groups in total. The fourth-order valence-electron chi connectivity index (χ4n) is 1.47. The first-order valence-electron chi connectivity index (χ1n) is 5.58. The van der Waals surface area contributed by atoms with E-state index < -0.39 is 0 Å².